The van der Waals surface area contributed by atoms with Gasteiger partial charge in [0.1, 0.15) is 5.82 Å². The van der Waals surface area contributed by atoms with E-state index >= 15 is 0 Å². The van der Waals surface area contributed by atoms with Crippen LogP contribution in [0.25, 0.3) is 11.0 Å². The molecule has 2 aromatic carbocycles. The highest BCUT2D eigenvalue weighted by Gasteiger charge is 2.16. The molecule has 7 heteroatoms. The Morgan fingerprint density at radius 2 is 1.78 bits per heavy atom. The van der Waals surface area contributed by atoms with Crippen LogP contribution >= 0.6 is 11.8 Å². The predicted molar refractivity (Wildman–Crippen MR) is 129 cm³/mol. The van der Waals surface area contributed by atoms with Gasteiger partial charge in [-0.15, -0.1) is 11.8 Å². The maximum absolute atomic E-state index is 12.9. The number of nitrogens with one attached hydrogen (secondary N) is 2. The Bertz CT molecular complexity index is 1090. The van der Waals surface area contributed by atoms with Crippen molar-refractivity contribution in [2.45, 2.75) is 43.5 Å². The maximum atomic E-state index is 12.9. The number of thioether (sulfide) groups is 1. The smallest absolute Gasteiger partial charge is 0.252 e. The van der Waals surface area contributed by atoms with Gasteiger partial charge in [-0.05, 0) is 43.0 Å². The van der Waals surface area contributed by atoms with E-state index in [1.165, 1.54) is 43.9 Å². The van der Waals surface area contributed by atoms with Crippen molar-refractivity contribution >= 4 is 34.6 Å². The molecule has 0 saturated heterocycles. The van der Waals surface area contributed by atoms with Gasteiger partial charge in [-0.2, -0.15) is 0 Å². The Morgan fingerprint density at radius 1 is 1.03 bits per heavy atom. The lowest BCUT2D eigenvalue weighted by Crippen LogP contribution is -2.31. The molecule has 168 valence electrons. The summed E-state index contributed by atoms with van der Waals surface area (Å²) in [4.78, 5) is 30.6. The molecule has 0 radical (unpaired) electrons. The van der Waals surface area contributed by atoms with Crippen LogP contribution in [-0.2, 0) is 18.4 Å². The highest BCUT2D eigenvalue weighted by molar-refractivity contribution is 8.00. The summed E-state index contributed by atoms with van der Waals surface area (Å²) in [6, 6.07) is 15.3. The lowest BCUT2D eigenvalue weighted by Gasteiger charge is -2.21. The summed E-state index contributed by atoms with van der Waals surface area (Å²) in [6.45, 7) is 1.10. The first-order valence-electron chi connectivity index (χ1n) is 11.3. The SMILES string of the molecule is Cn1c(CNC(=O)c2ccccc2SCC(=O)NCC2CCCCC2)nc2ccccc21. The molecule has 0 aliphatic heterocycles. The van der Waals surface area contributed by atoms with E-state index in [-0.39, 0.29) is 11.8 Å². The average Bonchev–Trinajstić information content (AvgIpc) is 3.16. The summed E-state index contributed by atoms with van der Waals surface area (Å²) in [6.07, 6.45) is 6.28. The first-order valence-corrected chi connectivity index (χ1v) is 12.3. The number of carbonyl (C=O) groups excluding carboxylic acids is 2. The van der Waals surface area contributed by atoms with Crippen LogP contribution in [0.5, 0.6) is 0 Å². The van der Waals surface area contributed by atoms with E-state index in [1.807, 2.05) is 54.1 Å². The fraction of sp³-hybridized carbons (Fsp3) is 0.400. The van der Waals surface area contributed by atoms with E-state index in [0.29, 0.717) is 23.8 Å². The van der Waals surface area contributed by atoms with Crippen molar-refractivity contribution in [2.24, 2.45) is 13.0 Å². The molecule has 1 aliphatic carbocycles. The monoisotopic (exact) mass is 450 g/mol. The van der Waals surface area contributed by atoms with Crippen LogP contribution in [0.15, 0.2) is 53.4 Å². The molecule has 2 amide bonds. The third kappa shape index (κ3) is 5.51. The van der Waals surface area contributed by atoms with Crippen LogP contribution < -0.4 is 10.6 Å². The van der Waals surface area contributed by atoms with Crippen molar-refractivity contribution in [2.75, 3.05) is 12.3 Å². The lowest BCUT2D eigenvalue weighted by molar-refractivity contribution is -0.118. The van der Waals surface area contributed by atoms with Crippen LogP contribution in [-0.4, -0.2) is 33.7 Å². The number of imidazole rings is 1. The summed E-state index contributed by atoms with van der Waals surface area (Å²) in [5.41, 5.74) is 2.53. The summed E-state index contributed by atoms with van der Waals surface area (Å²) >= 11 is 1.41. The van der Waals surface area contributed by atoms with Gasteiger partial charge in [-0.25, -0.2) is 4.98 Å². The zero-order valence-electron chi connectivity index (χ0n) is 18.5. The van der Waals surface area contributed by atoms with Gasteiger partial charge in [0.15, 0.2) is 0 Å². The molecule has 1 aromatic heterocycles. The first kappa shape index (κ1) is 22.4. The minimum Gasteiger partial charge on any atom is -0.355 e. The Hall–Kier alpha value is -2.80. The second-order valence-electron chi connectivity index (χ2n) is 8.35. The highest BCUT2D eigenvalue weighted by Crippen LogP contribution is 2.24. The number of amides is 2. The molecule has 0 atom stereocenters. The molecule has 3 aromatic rings. The molecular formula is C25H30N4O2S. The number of hydrogen-bond donors (Lipinski definition) is 2. The molecule has 2 N–H and O–H groups in total. The molecule has 0 spiro atoms. The maximum Gasteiger partial charge on any atom is 0.252 e. The number of carbonyl (C=O) groups is 2. The van der Waals surface area contributed by atoms with Crippen LogP contribution in [0, 0.1) is 5.92 Å². The largest absolute Gasteiger partial charge is 0.355 e. The fourth-order valence-electron chi connectivity index (χ4n) is 4.23. The Labute approximate surface area is 193 Å². The zero-order valence-corrected chi connectivity index (χ0v) is 19.3. The lowest BCUT2D eigenvalue weighted by atomic mass is 9.89. The summed E-state index contributed by atoms with van der Waals surface area (Å²) < 4.78 is 1.99. The molecule has 0 unspecified atom stereocenters. The molecule has 1 aliphatic rings. The number of benzene rings is 2. The quantitative estimate of drug-likeness (QED) is 0.502. The van der Waals surface area contributed by atoms with E-state index in [9.17, 15) is 9.59 Å². The summed E-state index contributed by atoms with van der Waals surface area (Å²) in [7, 11) is 1.95. The van der Waals surface area contributed by atoms with Crippen molar-refractivity contribution in [1.29, 1.82) is 0 Å². The van der Waals surface area contributed by atoms with Crippen molar-refractivity contribution in [3.63, 3.8) is 0 Å². The molecule has 1 fully saturated rings. The van der Waals surface area contributed by atoms with Crippen LogP contribution in [0.1, 0.15) is 48.3 Å². The van der Waals surface area contributed by atoms with E-state index in [4.69, 9.17) is 0 Å². The van der Waals surface area contributed by atoms with Gasteiger partial charge >= 0.3 is 0 Å². The topological polar surface area (TPSA) is 76.0 Å². The number of aromatic nitrogens is 2. The second-order valence-corrected chi connectivity index (χ2v) is 9.37. The number of fused-ring (bicyclic) bond motifs is 1. The zero-order chi connectivity index (χ0) is 22.3. The Kier molecular flexibility index (Phi) is 7.47. The molecular weight excluding hydrogens is 420 g/mol. The molecule has 0 bridgehead atoms. The Balaban J connectivity index is 1.32. The van der Waals surface area contributed by atoms with E-state index in [0.717, 1.165) is 28.3 Å². The normalized spacial score (nSPS) is 14.4. The number of nitrogens with zero attached hydrogens (tertiary/aromatic N) is 2. The van der Waals surface area contributed by atoms with Crippen molar-refractivity contribution in [3.05, 3.63) is 59.9 Å². The minimum absolute atomic E-state index is 0.0236. The van der Waals surface area contributed by atoms with Gasteiger partial charge in [0.2, 0.25) is 5.91 Å². The number of hydrogen-bond acceptors (Lipinski definition) is 4. The fourth-order valence-corrected chi connectivity index (χ4v) is 5.11. The van der Waals surface area contributed by atoms with Crippen LogP contribution in [0.2, 0.25) is 0 Å². The van der Waals surface area contributed by atoms with Gasteiger partial charge in [-0.1, -0.05) is 43.5 Å². The van der Waals surface area contributed by atoms with Crippen LogP contribution in [0.4, 0.5) is 0 Å². The van der Waals surface area contributed by atoms with Gasteiger partial charge in [0.05, 0.1) is 28.9 Å². The second kappa shape index (κ2) is 10.7. The van der Waals surface area contributed by atoms with Gasteiger partial charge in [0.25, 0.3) is 5.91 Å². The van der Waals surface area contributed by atoms with Gasteiger partial charge < -0.3 is 15.2 Å². The number of rotatable bonds is 8. The molecule has 1 heterocycles. The van der Waals surface area contributed by atoms with Crippen molar-refractivity contribution in [3.8, 4) is 0 Å². The standard InChI is InChI=1S/C25H30N4O2S/c1-29-21-13-7-6-12-20(21)28-23(29)16-27-25(31)19-11-5-8-14-22(19)32-17-24(30)26-15-18-9-3-2-4-10-18/h5-8,11-14,18H,2-4,9-10,15-17H2,1H3,(H,26,30)(H,27,31). The minimum atomic E-state index is -0.164. The molecule has 1 saturated carbocycles. The van der Waals surface area contributed by atoms with Crippen molar-refractivity contribution in [1.82, 2.24) is 20.2 Å². The molecule has 6 nitrogen and oxygen atoms in total. The van der Waals surface area contributed by atoms with Crippen molar-refractivity contribution < 1.29 is 9.59 Å². The van der Waals surface area contributed by atoms with Gasteiger partial charge in [-0.3, -0.25) is 9.59 Å². The molecule has 32 heavy (non-hydrogen) atoms. The molecule has 4 rings (SSSR count). The number of aryl methyl sites for hydroxylation is 1. The van der Waals surface area contributed by atoms with E-state index in [2.05, 4.69) is 15.6 Å². The third-order valence-electron chi connectivity index (χ3n) is 6.09. The number of para-hydroxylation sites is 2. The summed E-state index contributed by atoms with van der Waals surface area (Å²) in [5.74, 6) is 1.57. The van der Waals surface area contributed by atoms with Crippen LogP contribution in [0.3, 0.4) is 0 Å². The van der Waals surface area contributed by atoms with E-state index < -0.39 is 0 Å². The predicted octanol–water partition coefficient (Wildman–Crippen LogP) is 4.29. The third-order valence-corrected chi connectivity index (χ3v) is 7.16. The van der Waals surface area contributed by atoms with E-state index in [1.54, 1.807) is 6.07 Å². The Morgan fingerprint density at radius 3 is 2.59 bits per heavy atom. The first-order chi connectivity index (χ1) is 15.6. The highest BCUT2D eigenvalue weighted by atomic mass is 32.2. The summed E-state index contributed by atoms with van der Waals surface area (Å²) in [5, 5.41) is 6.04. The van der Waals surface area contributed by atoms with Gasteiger partial charge in [0, 0.05) is 18.5 Å². The average molecular weight is 451 g/mol.